The Kier molecular flexibility index (Phi) is 4.10. The fourth-order valence-corrected chi connectivity index (χ4v) is 3.36. The average Bonchev–Trinajstić information content (AvgIpc) is 2.68. The minimum Gasteiger partial charge on any atom is -0.488 e. The van der Waals surface area contributed by atoms with Crippen molar-refractivity contribution in [3.63, 3.8) is 0 Å². The molecule has 0 spiro atoms. The van der Waals surface area contributed by atoms with Gasteiger partial charge >= 0.3 is 0 Å². The lowest BCUT2D eigenvalue weighted by atomic mass is 9.91. The Labute approximate surface area is 122 Å². The fraction of sp³-hybridized carbons (Fsp3) is 0.600. The molecule has 0 amide bonds. The summed E-state index contributed by atoms with van der Waals surface area (Å²) < 4.78 is 7.13. The van der Waals surface area contributed by atoms with Gasteiger partial charge in [-0.2, -0.15) is 0 Å². The number of halogens is 1. The average molecular weight is 326 g/mol. The summed E-state index contributed by atoms with van der Waals surface area (Å²) >= 11 is 3.51. The number of fused-ring (bicyclic) bond motifs is 1. The molecule has 0 bridgehead atoms. The summed E-state index contributed by atoms with van der Waals surface area (Å²) in [6.07, 6.45) is 5.07. The zero-order valence-corrected chi connectivity index (χ0v) is 12.6. The number of benzene rings is 1. The van der Waals surface area contributed by atoms with Crippen molar-refractivity contribution in [1.29, 1.82) is 0 Å². The third-order valence-corrected chi connectivity index (χ3v) is 4.67. The molecule has 3 nitrogen and oxygen atoms in total. The molecule has 0 aromatic heterocycles. The summed E-state index contributed by atoms with van der Waals surface area (Å²) in [5, 5.41) is 9.20. The molecule has 3 rings (SSSR count). The summed E-state index contributed by atoms with van der Waals surface area (Å²) in [5.41, 5.74) is 1.29. The van der Waals surface area contributed by atoms with E-state index < -0.39 is 0 Å². The molecule has 0 radical (unpaired) electrons. The summed E-state index contributed by atoms with van der Waals surface area (Å²) in [6, 6.07) is 6.87. The molecule has 1 aromatic rings. The minimum atomic E-state index is 0.233. The fourth-order valence-electron chi connectivity index (χ4n) is 2.96. The van der Waals surface area contributed by atoms with Gasteiger partial charge < -0.3 is 9.84 Å². The molecule has 1 aromatic carbocycles. The van der Waals surface area contributed by atoms with Gasteiger partial charge in [0.1, 0.15) is 11.9 Å². The number of hydrogen-bond acceptors (Lipinski definition) is 3. The smallest absolute Gasteiger partial charge is 0.123 e. The highest BCUT2D eigenvalue weighted by Gasteiger charge is 2.30. The molecule has 19 heavy (non-hydrogen) atoms. The van der Waals surface area contributed by atoms with Gasteiger partial charge in [0.05, 0.1) is 6.61 Å². The number of aliphatic hydroxyl groups excluding tert-OH is 1. The third kappa shape index (κ3) is 2.96. The maximum Gasteiger partial charge on any atom is 0.123 e. The molecule has 4 heteroatoms. The van der Waals surface area contributed by atoms with Crippen LogP contribution in [0.4, 0.5) is 0 Å². The van der Waals surface area contributed by atoms with Crippen molar-refractivity contribution in [2.24, 2.45) is 0 Å². The van der Waals surface area contributed by atoms with Crippen LogP contribution in [0.3, 0.4) is 0 Å². The second kappa shape index (κ2) is 5.81. The standard InChI is InChI=1S/C15H20BrNO2/c16-12-4-5-15-11(8-12)9-14(19-15)10-17(6-7-18)13-2-1-3-13/h4-5,8,13-14,18H,1-3,6-7,9-10H2. The van der Waals surface area contributed by atoms with E-state index in [4.69, 9.17) is 4.74 Å². The molecular weight excluding hydrogens is 306 g/mol. The molecule has 1 N–H and O–H groups in total. The van der Waals surface area contributed by atoms with Crippen LogP contribution in [0.2, 0.25) is 0 Å². The van der Waals surface area contributed by atoms with Gasteiger partial charge in [0.15, 0.2) is 0 Å². The van der Waals surface area contributed by atoms with Gasteiger partial charge in [0, 0.05) is 30.0 Å². The molecule has 1 atom stereocenters. The van der Waals surface area contributed by atoms with E-state index in [0.29, 0.717) is 6.04 Å². The molecule has 0 saturated heterocycles. The first-order valence-electron chi connectivity index (χ1n) is 7.06. The minimum absolute atomic E-state index is 0.233. The van der Waals surface area contributed by atoms with E-state index in [1.807, 2.05) is 12.1 Å². The number of nitrogens with zero attached hydrogens (tertiary/aromatic N) is 1. The van der Waals surface area contributed by atoms with Crippen LogP contribution in [0, 0.1) is 0 Å². The molecule has 1 fully saturated rings. The topological polar surface area (TPSA) is 32.7 Å². The number of hydrogen-bond donors (Lipinski definition) is 1. The molecule has 1 aliphatic heterocycles. The number of rotatable bonds is 5. The van der Waals surface area contributed by atoms with Crippen molar-refractivity contribution >= 4 is 15.9 Å². The lowest BCUT2D eigenvalue weighted by molar-refractivity contribution is 0.0630. The lowest BCUT2D eigenvalue weighted by Gasteiger charge is -2.38. The van der Waals surface area contributed by atoms with Crippen molar-refractivity contribution in [1.82, 2.24) is 4.90 Å². The van der Waals surface area contributed by atoms with Gasteiger partial charge in [-0.05, 0) is 36.6 Å². The van der Waals surface area contributed by atoms with Crippen molar-refractivity contribution in [2.45, 2.75) is 37.8 Å². The Bertz CT molecular complexity index is 448. The molecule has 1 heterocycles. The second-order valence-electron chi connectivity index (χ2n) is 5.50. The highest BCUT2D eigenvalue weighted by molar-refractivity contribution is 9.10. The highest BCUT2D eigenvalue weighted by atomic mass is 79.9. The zero-order valence-electron chi connectivity index (χ0n) is 11.0. The third-order valence-electron chi connectivity index (χ3n) is 4.18. The van der Waals surface area contributed by atoms with Crippen molar-refractivity contribution in [3.8, 4) is 5.75 Å². The van der Waals surface area contributed by atoms with E-state index in [-0.39, 0.29) is 12.7 Å². The van der Waals surface area contributed by atoms with Crippen molar-refractivity contribution < 1.29 is 9.84 Å². The summed E-state index contributed by atoms with van der Waals surface area (Å²) in [5.74, 6) is 1.02. The second-order valence-corrected chi connectivity index (χ2v) is 6.41. The predicted molar refractivity (Wildman–Crippen MR) is 78.6 cm³/mol. The van der Waals surface area contributed by atoms with E-state index in [9.17, 15) is 5.11 Å². The Morgan fingerprint density at radius 1 is 1.37 bits per heavy atom. The first-order valence-corrected chi connectivity index (χ1v) is 7.85. The van der Waals surface area contributed by atoms with E-state index in [2.05, 4.69) is 26.9 Å². The van der Waals surface area contributed by atoms with Crippen LogP contribution in [0.25, 0.3) is 0 Å². The van der Waals surface area contributed by atoms with Gasteiger partial charge in [0.2, 0.25) is 0 Å². The largest absolute Gasteiger partial charge is 0.488 e. The van der Waals surface area contributed by atoms with Crippen molar-refractivity contribution in [2.75, 3.05) is 19.7 Å². The Balaban J connectivity index is 1.62. The van der Waals surface area contributed by atoms with E-state index in [1.165, 1.54) is 24.8 Å². The maximum atomic E-state index is 9.20. The summed E-state index contributed by atoms with van der Waals surface area (Å²) in [4.78, 5) is 2.40. The predicted octanol–water partition coefficient (Wildman–Crippen LogP) is 2.60. The van der Waals surface area contributed by atoms with E-state index in [0.717, 1.165) is 29.7 Å². The molecule has 1 aliphatic carbocycles. The SMILES string of the molecule is OCCN(CC1Cc2cc(Br)ccc2O1)C1CCC1. The first-order chi connectivity index (χ1) is 9.26. The van der Waals surface area contributed by atoms with Crippen LogP contribution in [0.5, 0.6) is 5.75 Å². The van der Waals surface area contributed by atoms with Gasteiger partial charge in [-0.1, -0.05) is 22.4 Å². The molecule has 1 unspecified atom stereocenters. The van der Waals surface area contributed by atoms with Crippen molar-refractivity contribution in [3.05, 3.63) is 28.2 Å². The lowest BCUT2D eigenvalue weighted by Crippen LogP contribution is -2.46. The van der Waals surface area contributed by atoms with Gasteiger partial charge in [0.25, 0.3) is 0 Å². The van der Waals surface area contributed by atoms with Crippen LogP contribution in [-0.2, 0) is 6.42 Å². The molecular formula is C15H20BrNO2. The van der Waals surface area contributed by atoms with E-state index in [1.54, 1.807) is 0 Å². The summed E-state index contributed by atoms with van der Waals surface area (Å²) in [6.45, 7) is 1.93. The molecule has 104 valence electrons. The Morgan fingerprint density at radius 3 is 2.89 bits per heavy atom. The van der Waals surface area contributed by atoms with Crippen LogP contribution >= 0.6 is 15.9 Å². The Morgan fingerprint density at radius 2 is 2.21 bits per heavy atom. The zero-order chi connectivity index (χ0) is 13.2. The Hall–Kier alpha value is -0.580. The number of aliphatic hydroxyl groups is 1. The quantitative estimate of drug-likeness (QED) is 0.903. The van der Waals surface area contributed by atoms with E-state index >= 15 is 0 Å². The van der Waals surface area contributed by atoms with Gasteiger partial charge in [-0.3, -0.25) is 4.90 Å². The van der Waals surface area contributed by atoms with Gasteiger partial charge in [-0.25, -0.2) is 0 Å². The molecule has 1 saturated carbocycles. The first kappa shape index (κ1) is 13.4. The van der Waals surface area contributed by atoms with Crippen LogP contribution in [0.1, 0.15) is 24.8 Å². The highest BCUT2D eigenvalue weighted by Crippen LogP contribution is 2.32. The number of ether oxygens (including phenoxy) is 1. The van der Waals surface area contributed by atoms with Crippen LogP contribution in [0.15, 0.2) is 22.7 Å². The maximum absolute atomic E-state index is 9.20. The normalized spacial score (nSPS) is 22.2. The monoisotopic (exact) mass is 325 g/mol. The summed E-state index contributed by atoms with van der Waals surface area (Å²) in [7, 11) is 0. The molecule has 2 aliphatic rings. The van der Waals surface area contributed by atoms with Crippen LogP contribution < -0.4 is 4.74 Å². The van der Waals surface area contributed by atoms with Gasteiger partial charge in [-0.15, -0.1) is 0 Å². The van der Waals surface area contributed by atoms with Crippen LogP contribution in [-0.4, -0.2) is 41.8 Å².